The van der Waals surface area contributed by atoms with Crippen LogP contribution in [0.2, 0.25) is 0 Å². The number of anilines is 1. The zero-order chi connectivity index (χ0) is 12.5. The summed E-state index contributed by atoms with van der Waals surface area (Å²) >= 11 is 0. The molecule has 1 fully saturated rings. The van der Waals surface area contributed by atoms with Gasteiger partial charge in [0.05, 0.1) is 19.0 Å². The molecular formula is C14H22N2O. The van der Waals surface area contributed by atoms with E-state index in [1.54, 1.807) is 13.3 Å². The molecule has 1 aliphatic carbocycles. The molecule has 0 aromatic carbocycles. The van der Waals surface area contributed by atoms with Crippen LogP contribution >= 0.6 is 0 Å². The quantitative estimate of drug-likeness (QED) is 0.793. The van der Waals surface area contributed by atoms with Gasteiger partial charge >= 0.3 is 0 Å². The number of methoxy groups -OCH3 is 1. The van der Waals surface area contributed by atoms with Gasteiger partial charge in [-0.05, 0) is 31.7 Å². The molecule has 0 atom stereocenters. The number of hydrogen-bond acceptors (Lipinski definition) is 3. The second kappa shape index (κ2) is 7.71. The molecule has 0 aliphatic heterocycles. The smallest absolute Gasteiger partial charge is 0.213 e. The molecule has 1 aromatic heterocycles. The van der Waals surface area contributed by atoms with Gasteiger partial charge in [-0.25, -0.2) is 4.98 Å². The van der Waals surface area contributed by atoms with E-state index in [-0.39, 0.29) is 0 Å². The number of ether oxygens (including phenoxy) is 1. The van der Waals surface area contributed by atoms with Crippen molar-refractivity contribution >= 4 is 5.69 Å². The number of rotatable bonds is 2. The van der Waals surface area contributed by atoms with Crippen molar-refractivity contribution in [1.29, 1.82) is 0 Å². The van der Waals surface area contributed by atoms with Crippen LogP contribution in [0.25, 0.3) is 0 Å². The maximum absolute atomic E-state index is 4.87. The fourth-order valence-corrected chi connectivity index (χ4v) is 1.70. The average molecular weight is 234 g/mol. The molecule has 1 aromatic rings. The second-order valence-electron chi connectivity index (χ2n) is 4.15. The maximum atomic E-state index is 4.87. The largest absolute Gasteiger partial charge is 0.481 e. The molecule has 0 spiro atoms. The van der Waals surface area contributed by atoms with E-state index in [9.17, 15) is 0 Å². The Kier molecular flexibility index (Phi) is 6.15. The molecule has 0 bridgehead atoms. The third-order valence-corrected chi connectivity index (χ3v) is 2.79. The van der Waals surface area contributed by atoms with E-state index >= 15 is 0 Å². The molecule has 0 radical (unpaired) electrons. The molecule has 1 aliphatic rings. The Labute approximate surface area is 104 Å². The highest BCUT2D eigenvalue weighted by Crippen LogP contribution is 2.20. The molecular weight excluding hydrogens is 212 g/mol. The fraction of sp³-hybridized carbons (Fsp3) is 0.500. The highest BCUT2D eigenvalue weighted by Gasteiger charge is 2.00. The Morgan fingerprint density at radius 2 is 1.94 bits per heavy atom. The maximum Gasteiger partial charge on any atom is 0.213 e. The summed E-state index contributed by atoms with van der Waals surface area (Å²) in [5, 5.41) is 2.96. The minimum atomic E-state index is 0.638. The summed E-state index contributed by atoms with van der Waals surface area (Å²) in [4.78, 5) is 3.98. The number of hydrogen-bond donors (Lipinski definition) is 1. The van der Waals surface area contributed by atoms with Crippen molar-refractivity contribution in [2.24, 2.45) is 0 Å². The summed E-state index contributed by atoms with van der Waals surface area (Å²) in [6.07, 6.45) is 8.51. The van der Waals surface area contributed by atoms with Crippen LogP contribution in [-0.4, -0.2) is 19.1 Å². The summed E-state index contributed by atoms with van der Waals surface area (Å²) in [6.45, 7) is 3.91. The summed E-state index contributed by atoms with van der Waals surface area (Å²) in [6, 6.07) is 3.72. The highest BCUT2D eigenvalue weighted by atomic mass is 16.5. The van der Waals surface area contributed by atoms with Gasteiger partial charge in [-0.1, -0.05) is 18.6 Å². The summed E-state index contributed by atoms with van der Waals surface area (Å²) in [5.41, 5.74) is 2.45. The van der Waals surface area contributed by atoms with E-state index in [1.807, 2.05) is 19.2 Å². The molecule has 1 heterocycles. The Balaban J connectivity index is 0.000000181. The number of aromatic nitrogens is 1. The second-order valence-corrected chi connectivity index (χ2v) is 4.15. The van der Waals surface area contributed by atoms with Gasteiger partial charge in [0.25, 0.3) is 0 Å². The van der Waals surface area contributed by atoms with E-state index in [2.05, 4.69) is 16.9 Å². The molecule has 0 saturated heterocycles. The van der Waals surface area contributed by atoms with Crippen molar-refractivity contribution in [3.63, 3.8) is 0 Å². The van der Waals surface area contributed by atoms with Gasteiger partial charge in [-0.3, -0.25) is 0 Å². The van der Waals surface area contributed by atoms with Crippen molar-refractivity contribution in [1.82, 2.24) is 4.98 Å². The van der Waals surface area contributed by atoms with Crippen molar-refractivity contribution in [2.45, 2.75) is 32.1 Å². The lowest BCUT2D eigenvalue weighted by Crippen LogP contribution is -1.90. The molecule has 1 saturated carbocycles. The van der Waals surface area contributed by atoms with Crippen LogP contribution in [0, 0.1) is 0 Å². The molecule has 2 rings (SSSR count). The average Bonchev–Trinajstić information content (AvgIpc) is 2.40. The number of pyridine rings is 1. The third kappa shape index (κ3) is 5.38. The Morgan fingerprint density at radius 1 is 1.24 bits per heavy atom. The van der Waals surface area contributed by atoms with E-state index in [1.165, 1.54) is 37.7 Å². The van der Waals surface area contributed by atoms with Gasteiger partial charge < -0.3 is 10.1 Å². The molecule has 3 nitrogen and oxygen atoms in total. The first-order valence-corrected chi connectivity index (χ1v) is 6.10. The van der Waals surface area contributed by atoms with Crippen molar-refractivity contribution in [2.75, 3.05) is 19.5 Å². The third-order valence-electron chi connectivity index (χ3n) is 2.79. The van der Waals surface area contributed by atoms with Crippen LogP contribution in [0.4, 0.5) is 5.69 Å². The lowest BCUT2D eigenvalue weighted by atomic mass is 9.97. The summed E-state index contributed by atoms with van der Waals surface area (Å²) in [7, 11) is 3.45. The van der Waals surface area contributed by atoms with Crippen LogP contribution in [0.15, 0.2) is 30.5 Å². The van der Waals surface area contributed by atoms with Crippen LogP contribution in [0.1, 0.15) is 32.1 Å². The summed E-state index contributed by atoms with van der Waals surface area (Å²) < 4.78 is 4.87. The highest BCUT2D eigenvalue weighted by molar-refractivity contribution is 5.40. The van der Waals surface area contributed by atoms with E-state index in [4.69, 9.17) is 4.74 Å². The molecule has 0 amide bonds. The van der Waals surface area contributed by atoms with Gasteiger partial charge in [0, 0.05) is 13.1 Å². The van der Waals surface area contributed by atoms with Crippen molar-refractivity contribution in [3.05, 3.63) is 30.5 Å². The van der Waals surface area contributed by atoms with E-state index in [0.717, 1.165) is 5.69 Å². The zero-order valence-corrected chi connectivity index (χ0v) is 10.8. The Hall–Kier alpha value is -1.51. The van der Waals surface area contributed by atoms with Crippen molar-refractivity contribution < 1.29 is 4.74 Å². The van der Waals surface area contributed by atoms with Crippen LogP contribution in [0.3, 0.4) is 0 Å². The number of nitrogens with one attached hydrogen (secondary N) is 1. The fourth-order valence-electron chi connectivity index (χ4n) is 1.70. The first kappa shape index (κ1) is 13.6. The van der Waals surface area contributed by atoms with Crippen LogP contribution in [0.5, 0.6) is 5.88 Å². The van der Waals surface area contributed by atoms with Gasteiger partial charge in [0.2, 0.25) is 5.88 Å². The molecule has 0 unspecified atom stereocenters. The van der Waals surface area contributed by atoms with Gasteiger partial charge in [-0.15, -0.1) is 0 Å². The standard InChI is InChI=1S/C7H10N2O.C7H12/c1-8-6-3-4-7(10-2)9-5-6;1-7-5-3-2-4-6-7/h3-5,8H,1-2H3;1-6H2. The summed E-state index contributed by atoms with van der Waals surface area (Å²) in [5.74, 6) is 0.638. The van der Waals surface area contributed by atoms with E-state index in [0.29, 0.717) is 5.88 Å². The number of allylic oxidation sites excluding steroid dienone is 1. The molecule has 1 N–H and O–H groups in total. The molecule has 17 heavy (non-hydrogen) atoms. The lowest BCUT2D eigenvalue weighted by Gasteiger charge is -2.10. The van der Waals surface area contributed by atoms with Gasteiger partial charge in [0.1, 0.15) is 0 Å². The van der Waals surface area contributed by atoms with Crippen LogP contribution < -0.4 is 10.1 Å². The SMILES string of the molecule is C=C1CCCCC1.CNc1ccc(OC)nc1. The van der Waals surface area contributed by atoms with Gasteiger partial charge in [-0.2, -0.15) is 0 Å². The monoisotopic (exact) mass is 234 g/mol. The Morgan fingerprint density at radius 3 is 2.29 bits per heavy atom. The Bertz CT molecular complexity index is 302. The minimum Gasteiger partial charge on any atom is -0.481 e. The van der Waals surface area contributed by atoms with Gasteiger partial charge in [0.15, 0.2) is 0 Å². The lowest BCUT2D eigenvalue weighted by molar-refractivity contribution is 0.398. The molecule has 3 heteroatoms. The first-order valence-electron chi connectivity index (χ1n) is 6.10. The minimum absolute atomic E-state index is 0.638. The normalized spacial score (nSPS) is 14.6. The zero-order valence-electron chi connectivity index (χ0n) is 10.8. The predicted molar refractivity (Wildman–Crippen MR) is 72.6 cm³/mol. The molecule has 94 valence electrons. The van der Waals surface area contributed by atoms with E-state index < -0.39 is 0 Å². The van der Waals surface area contributed by atoms with Crippen LogP contribution in [-0.2, 0) is 0 Å². The predicted octanol–water partition coefficient (Wildman–Crippen LogP) is 3.64. The van der Waals surface area contributed by atoms with Crippen molar-refractivity contribution in [3.8, 4) is 5.88 Å². The topological polar surface area (TPSA) is 34.1 Å². The number of nitrogens with zero attached hydrogens (tertiary/aromatic N) is 1. The first-order chi connectivity index (χ1) is 8.26.